The lowest BCUT2D eigenvalue weighted by molar-refractivity contribution is -0.990. The van der Waals surface area contributed by atoms with Crippen molar-refractivity contribution in [1.29, 1.82) is 0 Å². The zero-order valence-corrected chi connectivity index (χ0v) is 22.5. The molecular weight excluding hydrogens is 426 g/mol. The van der Waals surface area contributed by atoms with Crippen LogP contribution in [-0.2, 0) is 14.3 Å². The lowest BCUT2D eigenvalue weighted by Gasteiger charge is -2.44. The van der Waals surface area contributed by atoms with E-state index in [0.29, 0.717) is 6.54 Å². The Bertz CT molecular complexity index is 640. The highest BCUT2D eigenvalue weighted by atomic mass is 16.7. The molecule has 1 aliphatic rings. The van der Waals surface area contributed by atoms with Crippen LogP contribution in [0.15, 0.2) is 24.8 Å². The summed E-state index contributed by atoms with van der Waals surface area (Å²) in [5.74, 6) is -2.62. The number of ether oxygens (including phenoxy) is 1. The number of quaternary nitrogens is 1. The van der Waals surface area contributed by atoms with Gasteiger partial charge in [0.25, 0.3) is 0 Å². The Morgan fingerprint density at radius 1 is 0.971 bits per heavy atom. The van der Waals surface area contributed by atoms with Crippen LogP contribution in [0.5, 0.6) is 0 Å². The van der Waals surface area contributed by atoms with Gasteiger partial charge in [-0.25, -0.2) is 0 Å². The van der Waals surface area contributed by atoms with E-state index in [1.54, 1.807) is 26.2 Å². The summed E-state index contributed by atoms with van der Waals surface area (Å²) >= 11 is 0. The second-order valence-corrected chi connectivity index (χ2v) is 11.0. The highest BCUT2D eigenvalue weighted by Gasteiger charge is 2.57. The highest BCUT2D eigenvalue weighted by Crippen LogP contribution is 2.34. The van der Waals surface area contributed by atoms with E-state index >= 15 is 0 Å². The molecule has 34 heavy (non-hydrogen) atoms. The average Bonchev–Trinajstić information content (AvgIpc) is 2.87. The van der Waals surface area contributed by atoms with E-state index < -0.39 is 17.8 Å². The van der Waals surface area contributed by atoms with Gasteiger partial charge in [-0.15, -0.1) is 0 Å². The number of unbranched alkanes of at least 4 members (excludes halogenated alkanes) is 11. The molecule has 196 valence electrons. The molecule has 1 rings (SSSR count). The summed E-state index contributed by atoms with van der Waals surface area (Å²) in [6.45, 7) is 8.72. The van der Waals surface area contributed by atoms with Crippen molar-refractivity contribution < 1.29 is 23.9 Å². The van der Waals surface area contributed by atoms with Gasteiger partial charge in [-0.3, -0.25) is 14.1 Å². The number of Topliss-reactive ketones (excluding diaryl/α,β-unsaturated/α-hetero) is 1. The van der Waals surface area contributed by atoms with Gasteiger partial charge in [-0.2, -0.15) is 0 Å². The highest BCUT2D eigenvalue weighted by molar-refractivity contribution is 5.88. The molecule has 1 N–H and O–H groups in total. The summed E-state index contributed by atoms with van der Waals surface area (Å²) in [6, 6.07) is 0. The first-order valence-corrected chi connectivity index (χ1v) is 13.7. The molecule has 0 amide bonds. The maximum atomic E-state index is 12.7. The Kier molecular flexibility index (Phi) is 14.6. The number of ketones is 1. The van der Waals surface area contributed by atoms with Gasteiger partial charge in [0, 0.05) is 6.42 Å². The van der Waals surface area contributed by atoms with E-state index in [1.807, 2.05) is 6.08 Å². The molecule has 0 spiro atoms. The molecule has 0 aliphatic carbocycles. The second kappa shape index (κ2) is 16.3. The van der Waals surface area contributed by atoms with Crippen LogP contribution in [0.4, 0.5) is 0 Å². The van der Waals surface area contributed by atoms with Crippen molar-refractivity contribution in [2.45, 2.75) is 116 Å². The molecule has 2 unspecified atom stereocenters. The van der Waals surface area contributed by atoms with Crippen LogP contribution >= 0.6 is 0 Å². The quantitative estimate of drug-likeness (QED) is 0.0782. The van der Waals surface area contributed by atoms with Crippen LogP contribution in [0.3, 0.4) is 0 Å². The molecule has 0 aromatic heterocycles. The minimum atomic E-state index is -1.91. The molecule has 1 saturated heterocycles. The maximum absolute atomic E-state index is 12.7. The molecule has 5 heteroatoms. The number of hydrogen-bond donors (Lipinski definition) is 1. The average molecular weight is 479 g/mol. The van der Waals surface area contributed by atoms with Crippen LogP contribution in [-0.4, -0.2) is 47.9 Å². The third-order valence-corrected chi connectivity index (χ3v) is 7.03. The number of allylic oxidation sites excluding steroid dienone is 1. The normalized spacial score (nSPS) is 21.8. The van der Waals surface area contributed by atoms with Gasteiger partial charge >= 0.3 is 11.9 Å². The number of carbonyl (C=O) groups excluding carboxylic acids is 2. The number of hydrogen-bond acceptors (Lipinski definition) is 4. The summed E-state index contributed by atoms with van der Waals surface area (Å²) in [7, 11) is 3.50. The van der Waals surface area contributed by atoms with Crippen molar-refractivity contribution in [2.24, 2.45) is 11.8 Å². The fourth-order valence-corrected chi connectivity index (χ4v) is 4.70. The Labute approximate surface area is 209 Å². The maximum Gasteiger partial charge on any atom is 0.374 e. The van der Waals surface area contributed by atoms with E-state index in [4.69, 9.17) is 4.74 Å². The summed E-state index contributed by atoms with van der Waals surface area (Å²) < 4.78 is 5.39. The van der Waals surface area contributed by atoms with Crippen molar-refractivity contribution in [1.82, 2.24) is 0 Å². The molecule has 0 radical (unpaired) electrons. The largest absolute Gasteiger partial charge is 0.383 e. The first-order valence-electron chi connectivity index (χ1n) is 13.7. The smallest absolute Gasteiger partial charge is 0.374 e. The predicted molar refractivity (Wildman–Crippen MR) is 140 cm³/mol. The number of rotatable bonds is 18. The molecule has 1 heterocycles. The Morgan fingerprint density at radius 2 is 1.50 bits per heavy atom. The lowest BCUT2D eigenvalue weighted by Crippen LogP contribution is -2.66. The number of likely N-dealkylation sites (N-methyl/N-ethyl adjacent to an activating group) is 1. The van der Waals surface area contributed by atoms with Crippen molar-refractivity contribution in [3.63, 3.8) is 0 Å². The van der Waals surface area contributed by atoms with Gasteiger partial charge in [0.2, 0.25) is 0 Å². The number of cyclic esters (lactones) is 1. The van der Waals surface area contributed by atoms with E-state index in [1.165, 1.54) is 70.6 Å². The van der Waals surface area contributed by atoms with Gasteiger partial charge in [0.15, 0.2) is 11.7 Å². The summed E-state index contributed by atoms with van der Waals surface area (Å²) in [4.78, 5) is 24.8. The van der Waals surface area contributed by atoms with Crippen LogP contribution in [0.25, 0.3) is 0 Å². The van der Waals surface area contributed by atoms with Gasteiger partial charge < -0.3 is 9.84 Å². The first kappa shape index (κ1) is 30.6. The fraction of sp³-hybridized carbons (Fsp3) is 0.793. The van der Waals surface area contributed by atoms with E-state index in [2.05, 4.69) is 20.4 Å². The minimum Gasteiger partial charge on any atom is -0.383 e. The Balaban J connectivity index is 2.30. The minimum absolute atomic E-state index is 0.0116. The molecule has 0 aromatic rings. The first-order chi connectivity index (χ1) is 16.1. The molecule has 0 aromatic carbocycles. The van der Waals surface area contributed by atoms with Gasteiger partial charge in [0.05, 0.1) is 20.5 Å². The van der Waals surface area contributed by atoms with Crippen LogP contribution in [0.1, 0.15) is 110 Å². The predicted octanol–water partition coefficient (Wildman–Crippen LogP) is 6.70. The molecule has 5 nitrogen and oxygen atoms in total. The lowest BCUT2D eigenvalue weighted by atomic mass is 9.94. The van der Waals surface area contributed by atoms with Gasteiger partial charge in [0.1, 0.15) is 6.54 Å². The second-order valence-electron chi connectivity index (χ2n) is 11.0. The topological polar surface area (TPSA) is 63.6 Å². The summed E-state index contributed by atoms with van der Waals surface area (Å²) in [5, 5.41) is 11.3. The number of aliphatic hydroxyl groups is 1. The van der Waals surface area contributed by atoms with E-state index in [0.717, 1.165) is 18.8 Å². The molecule has 2 atom stereocenters. The monoisotopic (exact) mass is 478 g/mol. The SMILES string of the molecule is C=CC[N+](C)(C)C1(O)OC(=O)CCC(=O)C1C=CCCCCCCCCCCCCCC(C)C. The van der Waals surface area contributed by atoms with E-state index in [-0.39, 0.29) is 23.1 Å². The third-order valence-electron chi connectivity index (χ3n) is 7.03. The molecule has 1 fully saturated rings. The molecule has 0 bridgehead atoms. The summed E-state index contributed by atoms with van der Waals surface area (Å²) in [5.41, 5.74) is 0. The van der Waals surface area contributed by atoms with Gasteiger partial charge in [-0.1, -0.05) is 103 Å². The third kappa shape index (κ3) is 10.9. The van der Waals surface area contributed by atoms with Crippen LogP contribution in [0, 0.1) is 11.8 Å². The summed E-state index contributed by atoms with van der Waals surface area (Å²) in [6.07, 6.45) is 22.1. The van der Waals surface area contributed by atoms with E-state index in [9.17, 15) is 14.7 Å². The van der Waals surface area contributed by atoms with Crippen LogP contribution in [0.2, 0.25) is 0 Å². The fourth-order valence-electron chi connectivity index (χ4n) is 4.70. The molecule has 1 aliphatic heterocycles. The number of carbonyl (C=O) groups is 2. The van der Waals surface area contributed by atoms with Crippen molar-refractivity contribution in [2.75, 3.05) is 20.6 Å². The Morgan fingerprint density at radius 3 is 2.03 bits per heavy atom. The van der Waals surface area contributed by atoms with Crippen molar-refractivity contribution >= 4 is 11.8 Å². The number of nitrogens with zero attached hydrogens (tertiary/aromatic N) is 1. The van der Waals surface area contributed by atoms with Crippen molar-refractivity contribution in [3.8, 4) is 0 Å². The molecule has 0 saturated carbocycles. The zero-order chi connectivity index (χ0) is 25.5. The molecular formula is C29H52NO4+. The number of esters is 1. The van der Waals surface area contributed by atoms with Crippen molar-refractivity contribution in [3.05, 3.63) is 24.8 Å². The standard InChI is InChI=1S/C29H52NO4/c1-6-24-30(4,5)29(33)26(27(31)22-23-28(32)34-29)21-19-17-15-13-11-9-7-8-10-12-14-16-18-20-25(2)3/h6,19,21,25-26,33H,1,7-18,20,22-24H2,2-5H3/q+1. The van der Waals surface area contributed by atoms with Gasteiger partial charge in [-0.05, 0) is 24.8 Å². The van der Waals surface area contributed by atoms with Crippen LogP contribution < -0.4 is 0 Å². The Hall–Kier alpha value is -1.46. The zero-order valence-electron chi connectivity index (χ0n) is 22.5.